The molecule has 0 nitrogen and oxygen atoms in total. The van der Waals surface area contributed by atoms with Crippen LogP contribution in [0, 0.1) is 19.8 Å². The van der Waals surface area contributed by atoms with Gasteiger partial charge in [0.2, 0.25) is 0 Å². The molecule has 1 saturated carbocycles. The van der Waals surface area contributed by atoms with E-state index in [1.807, 2.05) is 6.08 Å². The summed E-state index contributed by atoms with van der Waals surface area (Å²) in [6, 6.07) is 37.6. The van der Waals surface area contributed by atoms with E-state index in [-0.39, 0.29) is 5.41 Å². The molecule has 0 N–H and O–H groups in total. The van der Waals surface area contributed by atoms with Crippen LogP contribution >= 0.6 is 0 Å². The first kappa shape index (κ1) is 29.0. The Labute approximate surface area is 289 Å². The highest BCUT2D eigenvalue weighted by atomic mass is 14.5. The van der Waals surface area contributed by atoms with Gasteiger partial charge in [-0.05, 0) is 126 Å². The van der Waals surface area contributed by atoms with Crippen LogP contribution in [0.4, 0.5) is 0 Å². The maximum absolute atomic E-state index is 4.09. The van der Waals surface area contributed by atoms with Gasteiger partial charge in [-0.3, -0.25) is 0 Å². The van der Waals surface area contributed by atoms with E-state index in [2.05, 4.69) is 136 Å². The van der Waals surface area contributed by atoms with Gasteiger partial charge in [0.1, 0.15) is 0 Å². The molecule has 0 saturated heterocycles. The third-order valence-electron chi connectivity index (χ3n) is 12.9. The Morgan fingerprint density at radius 1 is 0.673 bits per heavy atom. The van der Waals surface area contributed by atoms with Crippen LogP contribution in [-0.2, 0) is 5.41 Å². The molecular weight excluding hydrogens is 589 g/mol. The summed E-state index contributed by atoms with van der Waals surface area (Å²) in [6.07, 6.45) is 17.6. The lowest BCUT2D eigenvalue weighted by Crippen LogP contribution is -2.32. The van der Waals surface area contributed by atoms with Gasteiger partial charge in [0.15, 0.2) is 0 Å². The van der Waals surface area contributed by atoms with Crippen molar-refractivity contribution < 1.29 is 0 Å². The minimum Gasteiger partial charge on any atom is -0.0985 e. The summed E-state index contributed by atoms with van der Waals surface area (Å²) in [7, 11) is 0. The Balaban J connectivity index is 1.14. The van der Waals surface area contributed by atoms with Crippen molar-refractivity contribution >= 4 is 54.7 Å². The lowest BCUT2D eigenvalue weighted by molar-refractivity contribution is 0.288. The summed E-state index contributed by atoms with van der Waals surface area (Å²) in [4.78, 5) is 0. The van der Waals surface area contributed by atoms with Crippen molar-refractivity contribution in [2.45, 2.75) is 63.7 Å². The highest BCUT2D eigenvalue weighted by molar-refractivity contribution is 6.25. The van der Waals surface area contributed by atoms with Crippen LogP contribution < -0.4 is 0 Å². The first-order valence-corrected chi connectivity index (χ1v) is 18.4. The van der Waals surface area contributed by atoms with E-state index in [1.165, 1.54) is 121 Å². The summed E-state index contributed by atoms with van der Waals surface area (Å²) in [5.74, 6) is 0.903. The first-order valence-electron chi connectivity index (χ1n) is 18.4. The predicted octanol–water partition coefficient (Wildman–Crippen LogP) is 13.6. The van der Waals surface area contributed by atoms with Crippen LogP contribution in [0.3, 0.4) is 0 Å². The van der Waals surface area contributed by atoms with Gasteiger partial charge in [0.25, 0.3) is 0 Å². The quantitative estimate of drug-likeness (QED) is 0.170. The zero-order chi connectivity index (χ0) is 32.9. The maximum atomic E-state index is 4.09. The van der Waals surface area contributed by atoms with Gasteiger partial charge >= 0.3 is 0 Å². The van der Waals surface area contributed by atoms with Gasteiger partial charge in [-0.2, -0.15) is 0 Å². The maximum Gasteiger partial charge on any atom is 0.00959 e. The summed E-state index contributed by atoms with van der Waals surface area (Å²) in [5, 5.41) is 10.9. The van der Waals surface area contributed by atoms with Gasteiger partial charge in [-0.25, -0.2) is 0 Å². The smallest absolute Gasteiger partial charge is 0.00959 e. The standard InChI is InChI=1S/C49H42/c1-4-32-15-24-42-38(20-12-30(2)46(42)31(32)3)36-18-22-40-41-23-19-37(29-45(41)49(44(40)28-36)26-7-5-6-8-27-49)39-21-16-35-14-13-33-10-9-11-34-17-25-43(39)48(35)47(33)34/h4,9-25,28-29,40,44H,1,5-8,26-27H2,2-3H3. The van der Waals surface area contributed by atoms with E-state index in [4.69, 9.17) is 0 Å². The Bertz CT molecular complexity index is 2530. The Hall–Kier alpha value is -4.94. The molecule has 2 unspecified atom stereocenters. The second kappa shape index (κ2) is 10.8. The summed E-state index contributed by atoms with van der Waals surface area (Å²) in [6.45, 7) is 8.59. The minimum atomic E-state index is 0.165. The number of rotatable bonds is 3. The average molecular weight is 631 g/mol. The van der Waals surface area contributed by atoms with Gasteiger partial charge in [-0.1, -0.05) is 154 Å². The van der Waals surface area contributed by atoms with Crippen molar-refractivity contribution in [3.63, 3.8) is 0 Å². The number of allylic oxidation sites excluding steroid dienone is 4. The molecule has 0 heterocycles. The van der Waals surface area contributed by atoms with E-state index < -0.39 is 0 Å². The Morgan fingerprint density at radius 2 is 1.37 bits per heavy atom. The van der Waals surface area contributed by atoms with Crippen molar-refractivity contribution in [3.8, 4) is 11.1 Å². The Kier molecular flexibility index (Phi) is 6.38. The van der Waals surface area contributed by atoms with E-state index in [1.54, 1.807) is 11.1 Å². The number of benzene rings is 7. The van der Waals surface area contributed by atoms with Crippen molar-refractivity contribution in [3.05, 3.63) is 155 Å². The zero-order valence-corrected chi connectivity index (χ0v) is 28.7. The predicted molar refractivity (Wildman–Crippen MR) is 212 cm³/mol. The number of hydrogen-bond acceptors (Lipinski definition) is 0. The van der Waals surface area contributed by atoms with Gasteiger partial charge < -0.3 is 0 Å². The highest BCUT2D eigenvalue weighted by Crippen LogP contribution is 2.60. The number of hydrogen-bond donors (Lipinski definition) is 0. The fourth-order valence-electron chi connectivity index (χ4n) is 10.5. The summed E-state index contributed by atoms with van der Waals surface area (Å²) >= 11 is 0. The molecule has 1 fully saturated rings. The van der Waals surface area contributed by atoms with E-state index >= 15 is 0 Å². The first-order chi connectivity index (χ1) is 24.1. The van der Waals surface area contributed by atoms with E-state index in [0.717, 1.165) is 0 Å². The topological polar surface area (TPSA) is 0 Å². The van der Waals surface area contributed by atoms with Crippen LogP contribution in [0.5, 0.6) is 0 Å². The van der Waals surface area contributed by atoms with Crippen molar-refractivity contribution in [2.24, 2.45) is 5.92 Å². The molecule has 7 aromatic carbocycles. The van der Waals surface area contributed by atoms with Crippen molar-refractivity contribution in [1.82, 2.24) is 0 Å². The van der Waals surface area contributed by atoms with Crippen LogP contribution in [0.2, 0.25) is 0 Å². The molecule has 3 aliphatic carbocycles. The largest absolute Gasteiger partial charge is 0.0985 e. The number of fused-ring (bicyclic) bond motifs is 6. The van der Waals surface area contributed by atoms with Gasteiger partial charge in [0, 0.05) is 11.3 Å². The van der Waals surface area contributed by atoms with E-state index in [9.17, 15) is 0 Å². The minimum absolute atomic E-state index is 0.165. The zero-order valence-electron chi connectivity index (χ0n) is 28.7. The third kappa shape index (κ3) is 4.10. The molecule has 10 rings (SSSR count). The third-order valence-corrected chi connectivity index (χ3v) is 12.9. The molecular formula is C49H42. The molecule has 0 radical (unpaired) electrons. The highest BCUT2D eigenvalue weighted by Gasteiger charge is 2.50. The van der Waals surface area contributed by atoms with Crippen LogP contribution in [0.1, 0.15) is 77.8 Å². The van der Waals surface area contributed by atoms with E-state index in [0.29, 0.717) is 11.8 Å². The molecule has 3 aliphatic rings. The second-order valence-corrected chi connectivity index (χ2v) is 15.2. The summed E-state index contributed by atoms with van der Waals surface area (Å²) < 4.78 is 0. The molecule has 238 valence electrons. The van der Waals surface area contributed by atoms with Crippen LogP contribution in [0.25, 0.3) is 65.9 Å². The van der Waals surface area contributed by atoms with Gasteiger partial charge in [-0.15, -0.1) is 0 Å². The molecule has 0 amide bonds. The second-order valence-electron chi connectivity index (χ2n) is 15.2. The molecule has 49 heavy (non-hydrogen) atoms. The van der Waals surface area contributed by atoms with Crippen LogP contribution in [0.15, 0.2) is 122 Å². The Morgan fingerprint density at radius 3 is 2.16 bits per heavy atom. The lowest BCUT2D eigenvalue weighted by atomic mass is 9.66. The molecule has 7 aromatic rings. The van der Waals surface area contributed by atoms with Crippen molar-refractivity contribution in [1.29, 1.82) is 0 Å². The monoisotopic (exact) mass is 630 g/mol. The summed E-state index contributed by atoms with van der Waals surface area (Å²) in [5.41, 5.74) is 12.7. The molecule has 0 aliphatic heterocycles. The SMILES string of the molecule is C=Cc1ccc2c(C3=CC4C(C=C3)c3ccc(-c5ccc6ccc7cccc8ccc5c6c78)cc3C43CCCCCC3)ccc(C)c2c1C. The van der Waals surface area contributed by atoms with Crippen molar-refractivity contribution in [2.75, 3.05) is 0 Å². The molecule has 0 bridgehead atoms. The molecule has 1 spiro atoms. The molecule has 0 aromatic heterocycles. The molecule has 0 heteroatoms. The fraction of sp³-hybridized carbons (Fsp3) is 0.224. The molecule has 2 atom stereocenters. The fourth-order valence-corrected chi connectivity index (χ4v) is 10.5. The van der Waals surface area contributed by atoms with Gasteiger partial charge in [0.05, 0.1) is 0 Å². The number of aryl methyl sites for hydroxylation is 2. The average Bonchev–Trinajstić information content (AvgIpc) is 3.25. The normalized spacial score (nSPS) is 19.8. The van der Waals surface area contributed by atoms with Crippen LogP contribution in [-0.4, -0.2) is 0 Å². The lowest BCUT2D eigenvalue weighted by Gasteiger charge is -2.38.